The number of hydrogen-bond acceptors (Lipinski definition) is 5. The Balaban J connectivity index is 3.43. The lowest BCUT2D eigenvalue weighted by atomic mass is 10.0. The summed E-state index contributed by atoms with van der Waals surface area (Å²) in [5.41, 5.74) is 0. The van der Waals surface area contributed by atoms with Gasteiger partial charge in [0.05, 0.1) is 6.61 Å². The Labute approximate surface area is 454 Å². The van der Waals surface area contributed by atoms with Crippen LogP contribution in [0.25, 0.3) is 0 Å². The van der Waals surface area contributed by atoms with Gasteiger partial charge in [-0.05, 0) is 64.2 Å². The molecule has 0 aromatic carbocycles. The van der Waals surface area contributed by atoms with E-state index >= 15 is 0 Å². The van der Waals surface area contributed by atoms with Crippen LogP contribution in [-0.2, 0) is 19.1 Å². The van der Waals surface area contributed by atoms with E-state index in [1.54, 1.807) is 0 Å². The lowest BCUT2D eigenvalue weighted by Crippen LogP contribution is -2.28. The van der Waals surface area contributed by atoms with Crippen LogP contribution in [0.3, 0.4) is 0 Å². The van der Waals surface area contributed by atoms with Gasteiger partial charge in [0, 0.05) is 12.8 Å². The number of allylic oxidation sites excluding steroid dienone is 12. The van der Waals surface area contributed by atoms with Crippen molar-refractivity contribution < 1.29 is 24.2 Å². The molecule has 0 heterocycles. The second-order valence-corrected chi connectivity index (χ2v) is 21.5. The summed E-state index contributed by atoms with van der Waals surface area (Å²) >= 11 is 0. The number of aliphatic hydroxyl groups is 1. The minimum Gasteiger partial charge on any atom is -0.462 e. The van der Waals surface area contributed by atoms with Gasteiger partial charge in [-0.3, -0.25) is 9.59 Å². The van der Waals surface area contributed by atoms with Gasteiger partial charge in [0.25, 0.3) is 0 Å². The third-order valence-electron chi connectivity index (χ3n) is 14.3. The van der Waals surface area contributed by atoms with Crippen LogP contribution in [0.1, 0.15) is 328 Å². The molecule has 0 rings (SSSR count). The Morgan fingerprint density at radius 2 is 0.589 bits per heavy atom. The predicted octanol–water partition coefficient (Wildman–Crippen LogP) is 21.9. The fourth-order valence-electron chi connectivity index (χ4n) is 9.50. The van der Waals surface area contributed by atoms with Crippen molar-refractivity contribution in [3.63, 3.8) is 0 Å². The van der Waals surface area contributed by atoms with Gasteiger partial charge in [-0.1, -0.05) is 324 Å². The molecule has 424 valence electrons. The van der Waals surface area contributed by atoms with Crippen molar-refractivity contribution in [2.75, 3.05) is 13.2 Å². The third kappa shape index (κ3) is 61.8. The van der Waals surface area contributed by atoms with Gasteiger partial charge in [0.1, 0.15) is 6.61 Å². The summed E-state index contributed by atoms with van der Waals surface area (Å²) in [6, 6.07) is 0. The molecule has 1 unspecified atom stereocenters. The lowest BCUT2D eigenvalue weighted by molar-refractivity contribution is -0.161. The van der Waals surface area contributed by atoms with Gasteiger partial charge < -0.3 is 14.6 Å². The second kappa shape index (κ2) is 63.6. The largest absolute Gasteiger partial charge is 0.462 e. The molecule has 0 fully saturated rings. The van der Waals surface area contributed by atoms with Crippen LogP contribution in [0.4, 0.5) is 0 Å². The van der Waals surface area contributed by atoms with Crippen molar-refractivity contribution in [1.82, 2.24) is 0 Å². The maximum Gasteiger partial charge on any atom is 0.306 e. The van der Waals surface area contributed by atoms with Crippen LogP contribution < -0.4 is 0 Å². The molecule has 0 aliphatic heterocycles. The average molecular weight is 1020 g/mol. The number of unbranched alkanes of at least 4 members (excludes halogenated alkanes) is 39. The molecule has 5 heteroatoms. The summed E-state index contributed by atoms with van der Waals surface area (Å²) < 4.78 is 10.7. The van der Waals surface area contributed by atoms with Crippen molar-refractivity contribution in [3.05, 3.63) is 72.9 Å². The maximum atomic E-state index is 12.3. The molecule has 1 N–H and O–H groups in total. The van der Waals surface area contributed by atoms with Gasteiger partial charge in [-0.15, -0.1) is 0 Å². The number of carbonyl (C=O) groups excluding carboxylic acids is 2. The monoisotopic (exact) mass is 1020 g/mol. The molecule has 0 aliphatic carbocycles. The number of aliphatic hydroxyl groups excluding tert-OH is 1. The van der Waals surface area contributed by atoms with Crippen LogP contribution >= 0.6 is 0 Å². The summed E-state index contributed by atoms with van der Waals surface area (Å²) in [6.45, 7) is 4.03. The molecular formula is C68H122O5. The van der Waals surface area contributed by atoms with Crippen molar-refractivity contribution in [2.24, 2.45) is 0 Å². The van der Waals surface area contributed by atoms with Crippen molar-refractivity contribution >= 4 is 11.9 Å². The first-order valence-electron chi connectivity index (χ1n) is 32.0. The third-order valence-corrected chi connectivity index (χ3v) is 14.3. The minimum absolute atomic E-state index is 0.0840. The van der Waals surface area contributed by atoms with Crippen LogP contribution in [0, 0.1) is 0 Å². The van der Waals surface area contributed by atoms with E-state index in [-0.39, 0.29) is 25.2 Å². The van der Waals surface area contributed by atoms with Gasteiger partial charge in [-0.25, -0.2) is 0 Å². The van der Waals surface area contributed by atoms with E-state index in [2.05, 4.69) is 86.8 Å². The fourth-order valence-corrected chi connectivity index (χ4v) is 9.50. The second-order valence-electron chi connectivity index (χ2n) is 21.5. The molecule has 0 radical (unpaired) electrons. The number of esters is 2. The minimum atomic E-state index is -0.799. The van der Waals surface area contributed by atoms with Crippen LogP contribution in [0.15, 0.2) is 72.9 Å². The molecule has 0 aromatic heterocycles. The molecule has 0 bridgehead atoms. The predicted molar refractivity (Wildman–Crippen MR) is 320 cm³/mol. The Morgan fingerprint density at radius 3 is 0.890 bits per heavy atom. The Bertz CT molecular complexity index is 1290. The molecule has 0 spiro atoms. The molecule has 5 nitrogen and oxygen atoms in total. The SMILES string of the molecule is CC/C=C\C/C=C\C/C=C\C/C=C\C/C=C\C/C=C\CCCCC(=O)OC(CO)COC(=O)CCCCCCCCCCCCCCCCCCCCCCCCCCCCCCCCCCCCCCCC. The molecule has 1 atom stereocenters. The smallest absolute Gasteiger partial charge is 0.306 e. The van der Waals surface area contributed by atoms with E-state index in [1.807, 2.05) is 0 Å². The standard InChI is InChI=1S/C68H122O5/c1-3-5-7-9-11-13-15-17-19-21-23-25-26-27-28-29-30-31-32-33-34-35-36-37-38-39-40-41-43-44-46-48-50-52-54-56-58-60-62-67(70)72-65-66(64-69)73-68(71)63-61-59-57-55-53-51-49-47-45-42-24-22-20-18-16-14-12-10-8-6-4-2/h6,8,12,14,18,20,24,42,47,49,53,55,66,69H,3-5,7,9-11,13,15-17,19,21-23,25-41,43-46,48,50-52,54,56-65H2,1-2H3/b8-6-,14-12-,20-18-,42-24-,49-47-,55-53-. The summed E-state index contributed by atoms with van der Waals surface area (Å²) in [7, 11) is 0. The summed E-state index contributed by atoms with van der Waals surface area (Å²) in [4.78, 5) is 24.5. The molecular weight excluding hydrogens is 897 g/mol. The molecule has 0 aliphatic rings. The first-order valence-corrected chi connectivity index (χ1v) is 32.0. The van der Waals surface area contributed by atoms with Crippen LogP contribution in [0.5, 0.6) is 0 Å². The molecule has 0 aromatic rings. The zero-order valence-electron chi connectivity index (χ0n) is 48.6. The topological polar surface area (TPSA) is 72.8 Å². The highest BCUT2D eigenvalue weighted by Gasteiger charge is 2.16. The normalized spacial score (nSPS) is 12.6. The first-order chi connectivity index (χ1) is 36.1. The number of carbonyl (C=O) groups is 2. The highest BCUT2D eigenvalue weighted by molar-refractivity contribution is 5.70. The number of hydrogen-bond donors (Lipinski definition) is 1. The van der Waals surface area contributed by atoms with Crippen molar-refractivity contribution in [2.45, 2.75) is 335 Å². The van der Waals surface area contributed by atoms with Gasteiger partial charge in [0.2, 0.25) is 0 Å². The lowest BCUT2D eigenvalue weighted by Gasteiger charge is -2.15. The fraction of sp³-hybridized carbons (Fsp3) is 0.794. The quantitative estimate of drug-likeness (QED) is 0.0373. The van der Waals surface area contributed by atoms with E-state index in [1.165, 1.54) is 225 Å². The summed E-state index contributed by atoms with van der Waals surface area (Å²) in [5.74, 6) is -0.632. The van der Waals surface area contributed by atoms with Crippen LogP contribution in [0.2, 0.25) is 0 Å². The van der Waals surface area contributed by atoms with E-state index < -0.39 is 6.10 Å². The molecule has 0 saturated carbocycles. The highest BCUT2D eigenvalue weighted by Crippen LogP contribution is 2.18. The first kappa shape index (κ1) is 70.3. The summed E-state index contributed by atoms with van der Waals surface area (Å²) in [6.07, 6.45) is 87.9. The molecule has 0 amide bonds. The highest BCUT2D eigenvalue weighted by atomic mass is 16.6. The van der Waals surface area contributed by atoms with Gasteiger partial charge in [-0.2, -0.15) is 0 Å². The van der Waals surface area contributed by atoms with Crippen LogP contribution in [-0.4, -0.2) is 36.4 Å². The Morgan fingerprint density at radius 1 is 0.329 bits per heavy atom. The van der Waals surface area contributed by atoms with Crippen molar-refractivity contribution in [3.8, 4) is 0 Å². The molecule has 0 saturated heterocycles. The number of rotatable bonds is 59. The molecule has 73 heavy (non-hydrogen) atoms. The maximum absolute atomic E-state index is 12.3. The van der Waals surface area contributed by atoms with Crippen molar-refractivity contribution in [1.29, 1.82) is 0 Å². The van der Waals surface area contributed by atoms with E-state index in [0.717, 1.165) is 77.0 Å². The van der Waals surface area contributed by atoms with Gasteiger partial charge >= 0.3 is 11.9 Å². The zero-order valence-corrected chi connectivity index (χ0v) is 48.6. The summed E-state index contributed by atoms with van der Waals surface area (Å²) in [5, 5.41) is 9.65. The van der Waals surface area contributed by atoms with E-state index in [9.17, 15) is 14.7 Å². The number of ether oxygens (including phenoxy) is 2. The Kier molecular flexibility index (Phi) is 61.3. The van der Waals surface area contributed by atoms with E-state index in [4.69, 9.17) is 9.47 Å². The Hall–Kier alpha value is -2.66. The van der Waals surface area contributed by atoms with Gasteiger partial charge in [0.15, 0.2) is 6.10 Å². The average Bonchev–Trinajstić information content (AvgIpc) is 3.39. The van der Waals surface area contributed by atoms with E-state index in [0.29, 0.717) is 12.8 Å². The zero-order chi connectivity index (χ0) is 52.7.